The SMILES string of the molecule is COC(=O)NC(=O)[C@@H](C)Sc1nc(-c2ccccc2)cs1. The number of nitrogens with zero attached hydrogens (tertiary/aromatic N) is 1. The van der Waals surface area contributed by atoms with E-state index < -0.39 is 17.3 Å². The first-order valence-corrected chi connectivity index (χ1v) is 7.92. The molecule has 0 aliphatic carbocycles. The Kier molecular flexibility index (Phi) is 5.35. The van der Waals surface area contributed by atoms with E-state index in [1.807, 2.05) is 35.7 Å². The largest absolute Gasteiger partial charge is 0.453 e. The molecule has 7 heteroatoms. The van der Waals surface area contributed by atoms with E-state index in [9.17, 15) is 9.59 Å². The number of imide groups is 1. The summed E-state index contributed by atoms with van der Waals surface area (Å²) in [6.07, 6.45) is -0.753. The lowest BCUT2D eigenvalue weighted by Crippen LogP contribution is -2.35. The fraction of sp³-hybridized carbons (Fsp3) is 0.214. The molecule has 0 radical (unpaired) electrons. The van der Waals surface area contributed by atoms with Crippen LogP contribution < -0.4 is 5.32 Å². The van der Waals surface area contributed by atoms with Gasteiger partial charge < -0.3 is 4.74 Å². The van der Waals surface area contributed by atoms with Crippen LogP contribution in [-0.2, 0) is 9.53 Å². The molecule has 0 saturated carbocycles. The average molecular weight is 322 g/mol. The van der Waals surface area contributed by atoms with Crippen LogP contribution in [0.2, 0.25) is 0 Å². The van der Waals surface area contributed by atoms with Crippen LogP contribution in [0, 0.1) is 0 Å². The van der Waals surface area contributed by atoms with Gasteiger partial charge in [-0.25, -0.2) is 9.78 Å². The van der Waals surface area contributed by atoms with Crippen molar-refractivity contribution in [1.82, 2.24) is 10.3 Å². The number of carbonyl (C=O) groups is 2. The number of carbonyl (C=O) groups excluding carboxylic acids is 2. The molecule has 2 aromatic rings. The fourth-order valence-electron chi connectivity index (χ4n) is 1.51. The van der Waals surface area contributed by atoms with Gasteiger partial charge in [0.05, 0.1) is 18.1 Å². The highest BCUT2D eigenvalue weighted by Gasteiger charge is 2.19. The fourth-order valence-corrected chi connectivity index (χ4v) is 3.48. The van der Waals surface area contributed by atoms with Crippen LogP contribution in [0.25, 0.3) is 11.3 Å². The van der Waals surface area contributed by atoms with E-state index in [0.717, 1.165) is 15.6 Å². The number of nitrogens with one attached hydrogen (secondary N) is 1. The van der Waals surface area contributed by atoms with Crippen molar-refractivity contribution in [2.75, 3.05) is 7.11 Å². The summed E-state index contributed by atoms with van der Waals surface area (Å²) in [7, 11) is 1.22. The number of hydrogen-bond donors (Lipinski definition) is 1. The van der Waals surface area contributed by atoms with Crippen molar-refractivity contribution >= 4 is 35.1 Å². The summed E-state index contributed by atoms with van der Waals surface area (Å²) in [5.74, 6) is -0.400. The van der Waals surface area contributed by atoms with Crippen LogP contribution >= 0.6 is 23.1 Å². The molecular formula is C14H14N2O3S2. The zero-order valence-electron chi connectivity index (χ0n) is 11.5. The Morgan fingerprint density at radius 2 is 2.05 bits per heavy atom. The minimum atomic E-state index is -0.753. The van der Waals surface area contributed by atoms with Gasteiger partial charge in [-0.1, -0.05) is 42.1 Å². The van der Waals surface area contributed by atoms with Crippen LogP contribution in [-0.4, -0.2) is 29.3 Å². The molecular weight excluding hydrogens is 308 g/mol. The van der Waals surface area contributed by atoms with E-state index in [1.165, 1.54) is 30.2 Å². The van der Waals surface area contributed by atoms with E-state index in [0.29, 0.717) is 0 Å². The summed E-state index contributed by atoms with van der Waals surface area (Å²) >= 11 is 2.78. The number of rotatable bonds is 4. The van der Waals surface area contributed by atoms with Crippen LogP contribution in [0.15, 0.2) is 40.1 Å². The molecule has 2 amide bonds. The smallest absolute Gasteiger partial charge is 0.413 e. The first-order valence-electron chi connectivity index (χ1n) is 6.16. The molecule has 2 rings (SSSR count). The molecule has 1 aromatic heterocycles. The number of aromatic nitrogens is 1. The lowest BCUT2D eigenvalue weighted by Gasteiger charge is -2.08. The molecule has 0 aliphatic rings. The summed E-state index contributed by atoms with van der Waals surface area (Å²) in [5, 5.41) is 3.66. The van der Waals surface area contributed by atoms with Gasteiger partial charge in [0.15, 0.2) is 4.34 Å². The first kappa shape index (κ1) is 15.5. The van der Waals surface area contributed by atoms with Crippen LogP contribution in [0.3, 0.4) is 0 Å². The van der Waals surface area contributed by atoms with Gasteiger partial charge in [-0.05, 0) is 6.92 Å². The average Bonchev–Trinajstić information content (AvgIpc) is 2.96. The van der Waals surface area contributed by atoms with Crippen molar-refractivity contribution in [2.45, 2.75) is 16.5 Å². The van der Waals surface area contributed by atoms with E-state index >= 15 is 0 Å². The molecule has 0 bridgehead atoms. The third-order valence-corrected chi connectivity index (χ3v) is 4.68. The number of methoxy groups -OCH3 is 1. The van der Waals surface area contributed by atoms with Crippen molar-refractivity contribution in [3.8, 4) is 11.3 Å². The Hall–Kier alpha value is -1.86. The van der Waals surface area contributed by atoms with E-state index in [1.54, 1.807) is 6.92 Å². The molecule has 110 valence electrons. The minimum Gasteiger partial charge on any atom is -0.453 e. The van der Waals surface area contributed by atoms with Gasteiger partial charge in [0, 0.05) is 10.9 Å². The van der Waals surface area contributed by atoms with Gasteiger partial charge in [0.25, 0.3) is 0 Å². The second-order valence-electron chi connectivity index (χ2n) is 4.11. The topological polar surface area (TPSA) is 68.3 Å². The molecule has 0 saturated heterocycles. The standard InChI is InChI=1S/C14H14N2O3S2/c1-9(12(17)16-13(18)19-2)21-14-15-11(8-20-14)10-6-4-3-5-7-10/h3-9H,1-2H3,(H,16,17,18)/t9-/m1/s1. The van der Waals surface area contributed by atoms with Crippen molar-refractivity contribution in [3.05, 3.63) is 35.7 Å². The normalized spacial score (nSPS) is 11.7. The number of benzene rings is 1. The van der Waals surface area contributed by atoms with Crippen LogP contribution in [0.4, 0.5) is 4.79 Å². The highest BCUT2D eigenvalue weighted by atomic mass is 32.2. The summed E-state index contributed by atoms with van der Waals surface area (Å²) in [4.78, 5) is 27.2. The highest BCUT2D eigenvalue weighted by molar-refractivity contribution is 8.02. The summed E-state index contributed by atoms with van der Waals surface area (Å²) in [5.41, 5.74) is 1.91. The molecule has 0 unspecified atom stereocenters. The van der Waals surface area contributed by atoms with Crippen LogP contribution in [0.5, 0.6) is 0 Å². The number of amides is 2. The molecule has 0 aliphatic heterocycles. The predicted molar refractivity (Wildman–Crippen MR) is 83.4 cm³/mol. The predicted octanol–water partition coefficient (Wildman–Crippen LogP) is 3.17. The molecule has 1 aromatic carbocycles. The quantitative estimate of drug-likeness (QED) is 0.876. The van der Waals surface area contributed by atoms with E-state index in [2.05, 4.69) is 15.0 Å². The molecule has 1 atom stereocenters. The van der Waals surface area contributed by atoms with Gasteiger partial charge in [-0.3, -0.25) is 10.1 Å². The van der Waals surface area contributed by atoms with E-state index in [4.69, 9.17) is 0 Å². The minimum absolute atomic E-state index is 0.400. The second-order valence-corrected chi connectivity index (χ2v) is 6.55. The molecule has 1 N–H and O–H groups in total. The summed E-state index contributed by atoms with van der Waals surface area (Å²) < 4.78 is 5.17. The lowest BCUT2D eigenvalue weighted by atomic mass is 10.2. The maximum atomic E-state index is 11.7. The van der Waals surface area contributed by atoms with Crippen molar-refractivity contribution in [2.24, 2.45) is 0 Å². The van der Waals surface area contributed by atoms with E-state index in [-0.39, 0.29) is 0 Å². The number of alkyl carbamates (subject to hydrolysis) is 1. The molecule has 1 heterocycles. The Morgan fingerprint density at radius 3 is 2.71 bits per heavy atom. The summed E-state index contributed by atoms with van der Waals surface area (Å²) in [6.45, 7) is 1.71. The van der Waals surface area contributed by atoms with Crippen molar-refractivity contribution in [1.29, 1.82) is 0 Å². The monoisotopic (exact) mass is 322 g/mol. The lowest BCUT2D eigenvalue weighted by molar-refractivity contribution is -0.119. The number of thiazole rings is 1. The van der Waals surface area contributed by atoms with Gasteiger partial charge in [0.1, 0.15) is 0 Å². The molecule has 0 spiro atoms. The Labute approximate surface area is 130 Å². The maximum absolute atomic E-state index is 11.7. The number of hydrogen-bond acceptors (Lipinski definition) is 6. The van der Waals surface area contributed by atoms with Gasteiger partial charge in [-0.15, -0.1) is 11.3 Å². The second kappa shape index (κ2) is 7.24. The zero-order chi connectivity index (χ0) is 15.2. The Balaban J connectivity index is 1.99. The maximum Gasteiger partial charge on any atom is 0.413 e. The third-order valence-electron chi connectivity index (χ3n) is 2.61. The molecule has 5 nitrogen and oxygen atoms in total. The molecule has 0 fully saturated rings. The first-order chi connectivity index (χ1) is 10.1. The van der Waals surface area contributed by atoms with Crippen LogP contribution in [0.1, 0.15) is 6.92 Å². The van der Waals surface area contributed by atoms with Gasteiger partial charge >= 0.3 is 6.09 Å². The Bertz CT molecular complexity index is 628. The van der Waals surface area contributed by atoms with Crippen molar-refractivity contribution in [3.63, 3.8) is 0 Å². The Morgan fingerprint density at radius 1 is 1.33 bits per heavy atom. The molecule has 21 heavy (non-hydrogen) atoms. The van der Waals surface area contributed by atoms with Crippen molar-refractivity contribution < 1.29 is 14.3 Å². The van der Waals surface area contributed by atoms with Gasteiger partial charge in [0.2, 0.25) is 5.91 Å². The van der Waals surface area contributed by atoms with Gasteiger partial charge in [-0.2, -0.15) is 0 Å². The third kappa shape index (κ3) is 4.30. The zero-order valence-corrected chi connectivity index (χ0v) is 13.2. The summed E-state index contributed by atoms with van der Waals surface area (Å²) in [6, 6.07) is 9.82. The number of thioether (sulfide) groups is 1. The number of ether oxygens (including phenoxy) is 1. The highest BCUT2D eigenvalue weighted by Crippen LogP contribution is 2.30.